The molecule has 0 bridgehead atoms. The molecule has 24 heavy (non-hydrogen) atoms. The second kappa shape index (κ2) is 7.12. The summed E-state index contributed by atoms with van der Waals surface area (Å²) in [5.74, 6) is 0.268. The molecule has 6 nitrogen and oxygen atoms in total. The van der Waals surface area contributed by atoms with Crippen molar-refractivity contribution < 1.29 is 4.79 Å². The maximum absolute atomic E-state index is 12.4. The molecular formula is C18H21N5O. The number of carbonyl (C=O) groups is 1. The number of anilines is 1. The molecule has 2 aromatic carbocycles. The minimum atomic E-state index is -0.111. The lowest BCUT2D eigenvalue weighted by atomic mass is 10.0. The number of amides is 1. The van der Waals surface area contributed by atoms with Crippen LogP contribution < -0.4 is 10.6 Å². The summed E-state index contributed by atoms with van der Waals surface area (Å²) in [5, 5.41) is 17.0. The molecule has 3 rings (SSSR count). The van der Waals surface area contributed by atoms with Gasteiger partial charge in [-0.15, -0.1) is 0 Å². The van der Waals surface area contributed by atoms with E-state index in [1.165, 1.54) is 0 Å². The Morgan fingerprint density at radius 3 is 2.58 bits per heavy atom. The molecule has 1 atom stereocenters. The zero-order valence-electron chi connectivity index (χ0n) is 13.8. The van der Waals surface area contributed by atoms with Crippen LogP contribution in [0.4, 0.5) is 5.69 Å². The quantitative estimate of drug-likeness (QED) is 0.651. The van der Waals surface area contributed by atoms with Crippen LogP contribution in [0.3, 0.4) is 0 Å². The van der Waals surface area contributed by atoms with E-state index in [2.05, 4.69) is 39.9 Å². The van der Waals surface area contributed by atoms with Crippen molar-refractivity contribution in [3.8, 4) is 0 Å². The first-order valence-electron chi connectivity index (χ1n) is 8.04. The lowest BCUT2D eigenvalue weighted by Crippen LogP contribution is -2.39. The van der Waals surface area contributed by atoms with Crippen LogP contribution in [0.5, 0.6) is 0 Å². The molecule has 0 aliphatic heterocycles. The van der Waals surface area contributed by atoms with E-state index in [0.29, 0.717) is 23.5 Å². The maximum Gasteiger partial charge on any atom is 0.251 e. The molecule has 6 heteroatoms. The number of nitrogens with one attached hydrogen (secondary N) is 3. The van der Waals surface area contributed by atoms with Crippen LogP contribution in [-0.2, 0) is 0 Å². The number of fused-ring (bicyclic) bond motifs is 1. The maximum atomic E-state index is 12.4. The Morgan fingerprint density at radius 1 is 1.08 bits per heavy atom. The molecule has 0 saturated carbocycles. The third kappa shape index (κ3) is 3.71. The summed E-state index contributed by atoms with van der Waals surface area (Å²) in [6, 6.07) is 15.4. The molecule has 1 amide bonds. The summed E-state index contributed by atoms with van der Waals surface area (Å²) in [6.07, 6.45) is 0. The number of H-pyrrole nitrogens is 1. The van der Waals surface area contributed by atoms with Crippen molar-refractivity contribution in [3.63, 3.8) is 0 Å². The molecule has 3 aromatic rings. The first kappa shape index (κ1) is 16.0. The minimum absolute atomic E-state index is 0.111. The fourth-order valence-electron chi connectivity index (χ4n) is 2.49. The SMILES string of the molecule is CC(C)[C@H](CNC(=O)c1ccc2n[nH]nc2c1)Nc1ccccc1. The Balaban J connectivity index is 1.64. The van der Waals surface area contributed by atoms with E-state index in [1.807, 2.05) is 30.3 Å². The van der Waals surface area contributed by atoms with Gasteiger partial charge in [-0.05, 0) is 36.2 Å². The largest absolute Gasteiger partial charge is 0.380 e. The van der Waals surface area contributed by atoms with Gasteiger partial charge in [-0.1, -0.05) is 32.0 Å². The Morgan fingerprint density at radius 2 is 1.83 bits per heavy atom. The van der Waals surface area contributed by atoms with Gasteiger partial charge in [0.05, 0.1) is 0 Å². The second-order valence-corrected chi connectivity index (χ2v) is 6.10. The van der Waals surface area contributed by atoms with Gasteiger partial charge in [-0.3, -0.25) is 4.79 Å². The van der Waals surface area contributed by atoms with Crippen molar-refractivity contribution in [2.45, 2.75) is 19.9 Å². The normalized spacial score (nSPS) is 12.3. The van der Waals surface area contributed by atoms with Gasteiger partial charge in [0.15, 0.2) is 0 Å². The molecule has 0 unspecified atom stereocenters. The summed E-state index contributed by atoms with van der Waals surface area (Å²) in [6.45, 7) is 4.81. The number of nitrogens with zero attached hydrogens (tertiary/aromatic N) is 2. The number of aromatic nitrogens is 3. The van der Waals surface area contributed by atoms with Gasteiger partial charge in [-0.25, -0.2) is 0 Å². The van der Waals surface area contributed by atoms with Crippen molar-refractivity contribution >= 4 is 22.6 Å². The summed E-state index contributed by atoms with van der Waals surface area (Å²) >= 11 is 0. The standard InChI is InChI=1S/C18H21N5O/c1-12(2)17(20-14-6-4-3-5-7-14)11-19-18(24)13-8-9-15-16(10-13)22-23-21-15/h3-10,12,17,20H,11H2,1-2H3,(H,19,24)(H,21,22,23)/t17-/m0/s1. The molecule has 0 saturated heterocycles. The number of benzene rings is 2. The van der Waals surface area contributed by atoms with Gasteiger partial charge in [0, 0.05) is 23.8 Å². The van der Waals surface area contributed by atoms with Crippen LogP contribution >= 0.6 is 0 Å². The van der Waals surface area contributed by atoms with E-state index in [1.54, 1.807) is 18.2 Å². The highest BCUT2D eigenvalue weighted by Gasteiger charge is 2.15. The van der Waals surface area contributed by atoms with E-state index >= 15 is 0 Å². The van der Waals surface area contributed by atoms with Crippen molar-refractivity contribution in [1.29, 1.82) is 0 Å². The van der Waals surface area contributed by atoms with Crippen LogP contribution in [0.15, 0.2) is 48.5 Å². The number of para-hydroxylation sites is 1. The second-order valence-electron chi connectivity index (χ2n) is 6.10. The fourth-order valence-corrected chi connectivity index (χ4v) is 2.49. The lowest BCUT2D eigenvalue weighted by Gasteiger charge is -2.24. The van der Waals surface area contributed by atoms with Crippen LogP contribution in [0.1, 0.15) is 24.2 Å². The van der Waals surface area contributed by atoms with Crippen molar-refractivity contribution in [2.75, 3.05) is 11.9 Å². The summed E-state index contributed by atoms with van der Waals surface area (Å²) < 4.78 is 0. The van der Waals surface area contributed by atoms with Crippen LogP contribution in [0.25, 0.3) is 11.0 Å². The zero-order valence-corrected chi connectivity index (χ0v) is 13.8. The predicted molar refractivity (Wildman–Crippen MR) is 94.9 cm³/mol. The Labute approximate surface area is 140 Å². The summed E-state index contributed by atoms with van der Waals surface area (Å²) in [4.78, 5) is 12.4. The third-order valence-corrected chi connectivity index (χ3v) is 3.99. The van der Waals surface area contributed by atoms with Gasteiger partial charge in [0.2, 0.25) is 0 Å². The summed E-state index contributed by atoms with van der Waals surface area (Å²) in [7, 11) is 0. The monoisotopic (exact) mass is 323 g/mol. The molecule has 0 aliphatic rings. The van der Waals surface area contributed by atoms with Gasteiger partial charge in [0.1, 0.15) is 11.0 Å². The van der Waals surface area contributed by atoms with E-state index < -0.39 is 0 Å². The van der Waals surface area contributed by atoms with Gasteiger partial charge in [-0.2, -0.15) is 15.4 Å². The Hall–Kier alpha value is -2.89. The first-order chi connectivity index (χ1) is 11.6. The molecule has 124 valence electrons. The fraction of sp³-hybridized carbons (Fsp3) is 0.278. The average molecular weight is 323 g/mol. The minimum Gasteiger partial charge on any atom is -0.380 e. The van der Waals surface area contributed by atoms with Gasteiger partial charge in [0.25, 0.3) is 5.91 Å². The van der Waals surface area contributed by atoms with Gasteiger partial charge < -0.3 is 10.6 Å². The molecule has 0 aliphatic carbocycles. The zero-order chi connectivity index (χ0) is 16.9. The van der Waals surface area contributed by atoms with Crippen LogP contribution in [0.2, 0.25) is 0 Å². The average Bonchev–Trinajstić information content (AvgIpc) is 3.06. The van der Waals surface area contributed by atoms with E-state index in [0.717, 1.165) is 11.2 Å². The van der Waals surface area contributed by atoms with E-state index in [9.17, 15) is 4.79 Å². The van der Waals surface area contributed by atoms with Gasteiger partial charge >= 0.3 is 0 Å². The highest BCUT2D eigenvalue weighted by molar-refractivity contribution is 5.97. The molecule has 0 spiro atoms. The highest BCUT2D eigenvalue weighted by Crippen LogP contribution is 2.13. The molecular weight excluding hydrogens is 302 g/mol. The smallest absolute Gasteiger partial charge is 0.251 e. The van der Waals surface area contributed by atoms with Crippen molar-refractivity contribution in [3.05, 3.63) is 54.1 Å². The molecule has 3 N–H and O–H groups in total. The third-order valence-electron chi connectivity index (χ3n) is 3.99. The lowest BCUT2D eigenvalue weighted by molar-refractivity contribution is 0.0950. The van der Waals surface area contributed by atoms with E-state index in [4.69, 9.17) is 0 Å². The predicted octanol–water partition coefficient (Wildman–Crippen LogP) is 2.82. The molecule has 0 radical (unpaired) electrons. The van der Waals surface area contributed by atoms with Crippen molar-refractivity contribution in [1.82, 2.24) is 20.7 Å². The topological polar surface area (TPSA) is 82.7 Å². The number of hydrogen-bond donors (Lipinski definition) is 3. The van der Waals surface area contributed by atoms with E-state index in [-0.39, 0.29) is 11.9 Å². The van der Waals surface area contributed by atoms with Crippen molar-refractivity contribution in [2.24, 2.45) is 5.92 Å². The Kier molecular flexibility index (Phi) is 4.74. The molecule has 1 heterocycles. The number of aromatic amines is 1. The highest BCUT2D eigenvalue weighted by atomic mass is 16.1. The van der Waals surface area contributed by atoms with Crippen LogP contribution in [0, 0.1) is 5.92 Å². The first-order valence-corrected chi connectivity index (χ1v) is 8.04. The number of rotatable bonds is 6. The summed E-state index contributed by atoms with van der Waals surface area (Å²) in [5.41, 5.74) is 3.07. The molecule has 1 aromatic heterocycles. The molecule has 0 fully saturated rings. The number of carbonyl (C=O) groups excluding carboxylic acids is 1. The number of hydrogen-bond acceptors (Lipinski definition) is 4. The van der Waals surface area contributed by atoms with Crippen LogP contribution in [-0.4, -0.2) is 33.9 Å². The Bertz CT molecular complexity index is 812.